The monoisotopic (exact) mass is 1320 g/mol. The van der Waals surface area contributed by atoms with Gasteiger partial charge in [-0.2, -0.15) is 0 Å². The average Bonchev–Trinajstić information content (AvgIpc) is 0.854. The number of aliphatic hydroxyl groups excluding tert-OH is 1. The number of hydrogen-bond donors (Lipinski definition) is 13. The number of β-lactam (4-membered cyclic amide) rings is 1. The molecule has 2 aliphatic heterocycles. The van der Waals surface area contributed by atoms with Crippen molar-refractivity contribution in [2.45, 2.75) is 202 Å². The molecule has 1 aromatic carbocycles. The Labute approximate surface area is 551 Å². The fourth-order valence-corrected chi connectivity index (χ4v) is 10.5. The number of imide groups is 1. The molecule has 3 rings (SSSR count). The topological polar surface area (TPSA) is 431 Å². The van der Waals surface area contributed by atoms with Gasteiger partial charge in [0.1, 0.15) is 55.5 Å². The number of anilines is 1. The van der Waals surface area contributed by atoms with Crippen molar-refractivity contribution in [2.24, 2.45) is 28.9 Å². The molecule has 2 fully saturated rings. The molecular weight excluding hydrogens is 1220 g/mol. The van der Waals surface area contributed by atoms with Gasteiger partial charge in [0, 0.05) is 50.7 Å². The summed E-state index contributed by atoms with van der Waals surface area (Å²) in [4.78, 5) is 178. The van der Waals surface area contributed by atoms with Crippen LogP contribution in [0.5, 0.6) is 0 Å². The minimum atomic E-state index is -1.67. The van der Waals surface area contributed by atoms with E-state index >= 15 is 0 Å². The number of nitrogens with one attached hydrogen (secondary N) is 11. The second-order valence-electron chi connectivity index (χ2n) is 25.7. The first-order valence-electron chi connectivity index (χ1n) is 32.6. The molecule has 0 bridgehead atoms. The Balaban J connectivity index is 1.60. The number of nitrogens with two attached hydrogens (primary N) is 1. The maximum absolute atomic E-state index is 14.3. The molecule has 0 aromatic heterocycles. The number of aliphatic hydroxyl groups is 1. The lowest BCUT2D eigenvalue weighted by molar-refractivity contribution is -0.160. The third-order valence-corrected chi connectivity index (χ3v) is 17.7. The highest BCUT2D eigenvalue weighted by atomic mass is 16.5. The molecule has 1 aromatic rings. The molecule has 0 radical (unpaired) electrons. The Kier molecular flexibility index (Phi) is 32.0. The van der Waals surface area contributed by atoms with E-state index in [1.807, 2.05) is 13.8 Å². The van der Waals surface area contributed by atoms with Crippen molar-refractivity contribution in [1.82, 2.24) is 62.6 Å². The predicted molar refractivity (Wildman–Crippen MR) is 349 cm³/mol. The lowest BCUT2D eigenvalue weighted by atomic mass is 9.63. The smallest absolute Gasteiger partial charge is 0.250 e. The van der Waals surface area contributed by atoms with Crippen molar-refractivity contribution in [2.75, 3.05) is 64.8 Å². The van der Waals surface area contributed by atoms with E-state index < -0.39 is 162 Å². The van der Waals surface area contributed by atoms with Gasteiger partial charge in [-0.3, -0.25) is 72.6 Å². The number of likely N-dealkylation sites (tertiary alicyclic amines) is 2. The zero-order valence-corrected chi connectivity index (χ0v) is 57.3. The Morgan fingerprint density at radius 3 is 1.79 bits per heavy atom. The van der Waals surface area contributed by atoms with Crippen LogP contribution in [-0.2, 0) is 72.5 Å². The van der Waals surface area contributed by atoms with Gasteiger partial charge >= 0.3 is 0 Å². The maximum atomic E-state index is 14.3. The van der Waals surface area contributed by atoms with E-state index in [1.165, 1.54) is 23.8 Å². The molecule has 10 atom stereocenters. The van der Waals surface area contributed by atoms with Crippen molar-refractivity contribution in [1.29, 1.82) is 5.41 Å². The summed E-state index contributed by atoms with van der Waals surface area (Å²) in [7, 11) is 1.31. The van der Waals surface area contributed by atoms with Crippen LogP contribution in [0, 0.1) is 28.6 Å². The van der Waals surface area contributed by atoms with Gasteiger partial charge in [0.15, 0.2) is 5.96 Å². The molecule has 30 heteroatoms. The number of amides is 13. The Hall–Kier alpha value is -8.28. The first-order valence-corrected chi connectivity index (χ1v) is 32.6. The number of rotatable bonds is 38. The van der Waals surface area contributed by atoms with Gasteiger partial charge in [-0.15, -0.1) is 0 Å². The second-order valence-corrected chi connectivity index (χ2v) is 25.7. The summed E-state index contributed by atoms with van der Waals surface area (Å²) < 4.78 is 5.31. The molecule has 13 amide bonds. The van der Waals surface area contributed by atoms with Crippen LogP contribution in [0.3, 0.4) is 0 Å². The van der Waals surface area contributed by atoms with Gasteiger partial charge in [-0.25, -0.2) is 0 Å². The number of carbonyl (C=O) groups is 13. The summed E-state index contributed by atoms with van der Waals surface area (Å²) in [6.07, 6.45) is 1.32. The quantitative estimate of drug-likeness (QED) is 0.0172. The van der Waals surface area contributed by atoms with Gasteiger partial charge in [0.25, 0.3) is 0 Å². The van der Waals surface area contributed by atoms with Crippen LogP contribution in [0.15, 0.2) is 24.3 Å². The maximum Gasteiger partial charge on any atom is 0.250 e. The van der Waals surface area contributed by atoms with Gasteiger partial charge < -0.3 is 78.5 Å². The summed E-state index contributed by atoms with van der Waals surface area (Å²) in [6, 6.07) is -1.78. The summed E-state index contributed by atoms with van der Waals surface area (Å²) >= 11 is 0. The number of nitrogens with zero attached hydrogens (tertiary/aromatic N) is 3. The van der Waals surface area contributed by atoms with E-state index in [2.05, 4.69) is 53.2 Å². The van der Waals surface area contributed by atoms with Crippen molar-refractivity contribution in [3.05, 3.63) is 29.8 Å². The Morgan fingerprint density at radius 1 is 0.691 bits per heavy atom. The Morgan fingerprint density at radius 2 is 1.26 bits per heavy atom. The van der Waals surface area contributed by atoms with Crippen molar-refractivity contribution in [3.8, 4) is 0 Å². The van der Waals surface area contributed by atoms with Crippen LogP contribution < -0.4 is 58.9 Å². The third-order valence-electron chi connectivity index (χ3n) is 17.7. The molecule has 2 heterocycles. The molecular formula is C64H105N15O15. The minimum absolute atomic E-state index is 0.0529. The zero-order chi connectivity index (χ0) is 70.9. The van der Waals surface area contributed by atoms with Gasteiger partial charge in [-0.05, 0) is 81.4 Å². The number of ether oxygens (including phenoxy) is 1. The lowest BCUT2D eigenvalue weighted by Gasteiger charge is -2.45. The van der Waals surface area contributed by atoms with E-state index in [0.717, 1.165) is 10.5 Å². The first-order chi connectivity index (χ1) is 44.1. The molecule has 0 aliphatic carbocycles. The average molecular weight is 1320 g/mol. The number of benzene rings is 1. The normalized spacial score (nSPS) is 16.8. The number of carbonyl (C=O) groups excluding carboxylic acids is 13. The molecule has 14 N–H and O–H groups in total. The highest BCUT2D eigenvalue weighted by Gasteiger charge is 2.49. The van der Waals surface area contributed by atoms with Gasteiger partial charge in [-0.1, -0.05) is 108 Å². The van der Waals surface area contributed by atoms with Gasteiger partial charge in [0.2, 0.25) is 76.8 Å². The largest absolute Gasteiger partial charge is 0.391 e. The highest BCUT2D eigenvalue weighted by Crippen LogP contribution is 2.44. The molecule has 30 nitrogen and oxygen atoms in total. The molecule has 94 heavy (non-hydrogen) atoms. The van der Waals surface area contributed by atoms with Crippen LogP contribution in [0.25, 0.3) is 0 Å². The van der Waals surface area contributed by atoms with E-state index in [1.54, 1.807) is 93.5 Å². The van der Waals surface area contributed by atoms with E-state index in [4.69, 9.17) is 15.9 Å². The summed E-state index contributed by atoms with van der Waals surface area (Å²) in [5.74, 6) is -10.1. The van der Waals surface area contributed by atoms with E-state index in [0.29, 0.717) is 63.7 Å². The fraction of sp³-hybridized carbons (Fsp3) is 0.688. The number of hydrogen-bond acceptors (Lipinski definition) is 16. The lowest BCUT2D eigenvalue weighted by Crippen LogP contribution is -2.63. The molecule has 2 saturated heterocycles. The van der Waals surface area contributed by atoms with Crippen molar-refractivity contribution >= 4 is 88.4 Å². The SMILES string of the molecule is CCCC(NC(=O)C(NC(=O)C(NC(=O)C(NC(=O)CNC(=O)CN(C)C(=O)COCC(=O)Nc1ccc(C(C)(C)C(C)(C)C(=O)N2CCC2=O)cc1)C(C)C)C(C)CC)C(C)O)C(=O)NC(C(=O)NC(CCCNC(=N)N)C(=O)N1CCCC1C(=O)NCC)C(C)CC. The summed E-state index contributed by atoms with van der Waals surface area (Å²) in [6.45, 7) is 21.4. The standard InChI is InChI=1S/C64H105N15O15/c1-15-21-42(54(86)74-51(37(7)16-2)57(89)72-43(22-19-29-68-62(65)66)60(92)78-30-20-23-44(78)55(87)67-18-4)71-59(91)53(39(9)80)76-58(90)52(38(8)17-3)75-56(88)50(36(5)6)73-45(81)32-69-46(82)33-77(14)49(85)35-94-34-47(83)70-41-26-24-40(25-27-41)63(10,11)64(12,13)61(93)79-31-28-48(79)84/h24-27,36-39,42-44,50-53,80H,15-23,28-35H2,1-14H3,(H,67,87)(H,69,82)(H,70,83)(H,71,91)(H,72,89)(H,73,81)(H,74,86)(H,75,88)(H,76,90)(H4,65,66,68). The molecule has 2 aliphatic rings. The van der Waals surface area contributed by atoms with Crippen LogP contribution in [0.2, 0.25) is 0 Å². The van der Waals surface area contributed by atoms with Crippen LogP contribution in [0.1, 0.15) is 153 Å². The van der Waals surface area contributed by atoms with Crippen molar-refractivity contribution < 1.29 is 72.2 Å². The highest BCUT2D eigenvalue weighted by molar-refractivity contribution is 6.02. The zero-order valence-electron chi connectivity index (χ0n) is 57.3. The fourth-order valence-electron chi connectivity index (χ4n) is 10.5. The van der Waals surface area contributed by atoms with Gasteiger partial charge in [0.05, 0.1) is 24.6 Å². The molecule has 0 spiro atoms. The number of likely N-dealkylation sites (N-methyl/N-ethyl adjacent to an activating group) is 2. The second kappa shape index (κ2) is 37.6. The summed E-state index contributed by atoms with van der Waals surface area (Å²) in [5, 5.41) is 44.9. The molecule has 10 unspecified atom stereocenters. The van der Waals surface area contributed by atoms with E-state index in [-0.39, 0.29) is 49.6 Å². The number of guanidine groups is 1. The minimum Gasteiger partial charge on any atom is -0.391 e. The van der Waals surface area contributed by atoms with Crippen LogP contribution in [0.4, 0.5) is 5.69 Å². The van der Waals surface area contributed by atoms with Crippen LogP contribution in [-0.4, -0.2) is 210 Å². The van der Waals surface area contributed by atoms with Crippen molar-refractivity contribution in [3.63, 3.8) is 0 Å². The van der Waals surface area contributed by atoms with E-state index in [9.17, 15) is 67.4 Å². The first kappa shape index (κ1) is 80.0. The van der Waals surface area contributed by atoms with Crippen LogP contribution >= 0.6 is 0 Å². The molecule has 526 valence electrons. The Bertz CT molecular complexity index is 2850. The molecule has 0 saturated carbocycles. The third kappa shape index (κ3) is 23.0. The predicted octanol–water partition coefficient (Wildman–Crippen LogP) is -0.493. The summed E-state index contributed by atoms with van der Waals surface area (Å²) in [5.41, 5.74) is 5.08.